The second-order valence-electron chi connectivity index (χ2n) is 3.23. The van der Waals surface area contributed by atoms with Crippen LogP contribution in [-0.2, 0) is 12.8 Å². The fourth-order valence-electron chi connectivity index (χ4n) is 1.78. The normalized spacial score (nSPS) is 10.2. The van der Waals surface area contributed by atoms with E-state index in [0.29, 0.717) is 0 Å². The fraction of sp³-hybridized carbons (Fsp3) is 0.455. The van der Waals surface area contributed by atoms with Crippen molar-refractivity contribution in [2.45, 2.75) is 33.6 Å². The van der Waals surface area contributed by atoms with Gasteiger partial charge in [-0.15, -0.1) is 0 Å². The third-order valence-corrected chi connectivity index (χ3v) is 2.60. The summed E-state index contributed by atoms with van der Waals surface area (Å²) in [7, 11) is 0. The first-order chi connectivity index (χ1) is 6.24. The molecule has 0 aliphatic carbocycles. The van der Waals surface area contributed by atoms with Gasteiger partial charge in [-0.05, 0) is 42.5 Å². The standard InChI is InChI=1S/C11H18N2/c1-4-9-6-7-11(13-12)10(5-2)8(9)3/h6-7,13H,4-5,12H2,1-3H3. The highest BCUT2D eigenvalue weighted by Crippen LogP contribution is 2.23. The minimum Gasteiger partial charge on any atom is -0.324 e. The predicted molar refractivity (Wildman–Crippen MR) is 57.7 cm³/mol. The van der Waals surface area contributed by atoms with Crippen LogP contribution < -0.4 is 11.3 Å². The van der Waals surface area contributed by atoms with Gasteiger partial charge in [0.05, 0.1) is 5.69 Å². The van der Waals surface area contributed by atoms with E-state index in [1.165, 1.54) is 16.7 Å². The van der Waals surface area contributed by atoms with E-state index >= 15 is 0 Å². The second-order valence-corrected chi connectivity index (χ2v) is 3.23. The smallest absolute Gasteiger partial charge is 0.0519 e. The number of anilines is 1. The molecule has 0 aromatic heterocycles. The van der Waals surface area contributed by atoms with Crippen molar-refractivity contribution in [3.05, 3.63) is 28.8 Å². The van der Waals surface area contributed by atoms with Crippen LogP contribution in [0.3, 0.4) is 0 Å². The van der Waals surface area contributed by atoms with Gasteiger partial charge in [-0.25, -0.2) is 0 Å². The molecule has 3 N–H and O–H groups in total. The van der Waals surface area contributed by atoms with Crippen molar-refractivity contribution in [3.8, 4) is 0 Å². The molecule has 0 saturated heterocycles. The van der Waals surface area contributed by atoms with E-state index in [1.54, 1.807) is 0 Å². The van der Waals surface area contributed by atoms with Gasteiger partial charge in [0.2, 0.25) is 0 Å². The van der Waals surface area contributed by atoms with E-state index in [1.807, 2.05) is 0 Å². The quantitative estimate of drug-likeness (QED) is 0.551. The molecule has 0 fully saturated rings. The Kier molecular flexibility index (Phi) is 3.32. The van der Waals surface area contributed by atoms with E-state index in [-0.39, 0.29) is 0 Å². The molecule has 2 nitrogen and oxygen atoms in total. The third-order valence-electron chi connectivity index (χ3n) is 2.60. The Morgan fingerprint density at radius 2 is 1.92 bits per heavy atom. The van der Waals surface area contributed by atoms with Crippen LogP contribution in [0.5, 0.6) is 0 Å². The average Bonchev–Trinajstić information content (AvgIpc) is 2.17. The molecule has 0 heterocycles. The minimum absolute atomic E-state index is 1.03. The summed E-state index contributed by atoms with van der Waals surface area (Å²) >= 11 is 0. The molecule has 0 aliphatic rings. The van der Waals surface area contributed by atoms with Crippen LogP contribution in [0.4, 0.5) is 5.69 Å². The predicted octanol–water partition coefficient (Wildman–Crippen LogP) is 2.41. The molecule has 72 valence electrons. The van der Waals surface area contributed by atoms with Gasteiger partial charge in [0.25, 0.3) is 0 Å². The Balaban J connectivity index is 3.23. The number of benzene rings is 1. The van der Waals surface area contributed by atoms with Gasteiger partial charge in [-0.2, -0.15) is 0 Å². The molecular weight excluding hydrogens is 160 g/mol. The van der Waals surface area contributed by atoms with Crippen molar-refractivity contribution in [2.24, 2.45) is 5.84 Å². The molecule has 0 saturated carbocycles. The van der Waals surface area contributed by atoms with Gasteiger partial charge >= 0.3 is 0 Å². The summed E-state index contributed by atoms with van der Waals surface area (Å²) in [6.07, 6.45) is 2.11. The first kappa shape index (κ1) is 10.1. The number of hydrazine groups is 1. The summed E-state index contributed by atoms with van der Waals surface area (Å²) in [5.41, 5.74) is 7.91. The Morgan fingerprint density at radius 1 is 1.23 bits per heavy atom. The van der Waals surface area contributed by atoms with E-state index < -0.39 is 0 Å². The summed E-state index contributed by atoms with van der Waals surface area (Å²) in [5, 5.41) is 0. The lowest BCUT2D eigenvalue weighted by atomic mass is 9.97. The lowest BCUT2D eigenvalue weighted by Crippen LogP contribution is -2.10. The van der Waals surface area contributed by atoms with Gasteiger partial charge < -0.3 is 5.43 Å². The summed E-state index contributed by atoms with van der Waals surface area (Å²) in [6.45, 7) is 6.50. The number of rotatable bonds is 3. The van der Waals surface area contributed by atoms with Crippen molar-refractivity contribution >= 4 is 5.69 Å². The summed E-state index contributed by atoms with van der Waals surface area (Å²) in [4.78, 5) is 0. The van der Waals surface area contributed by atoms with Gasteiger partial charge in [0.1, 0.15) is 0 Å². The molecule has 0 atom stereocenters. The zero-order valence-corrected chi connectivity index (χ0v) is 8.65. The molecule has 2 heteroatoms. The number of nitrogen functional groups attached to an aromatic ring is 1. The highest BCUT2D eigenvalue weighted by atomic mass is 15.2. The third kappa shape index (κ3) is 1.83. The van der Waals surface area contributed by atoms with Crippen molar-refractivity contribution in [2.75, 3.05) is 5.43 Å². The summed E-state index contributed by atoms with van der Waals surface area (Å²) in [5.74, 6) is 5.44. The minimum atomic E-state index is 1.03. The monoisotopic (exact) mass is 178 g/mol. The van der Waals surface area contributed by atoms with Gasteiger partial charge in [-0.1, -0.05) is 19.9 Å². The van der Waals surface area contributed by atoms with Crippen molar-refractivity contribution in [1.82, 2.24) is 0 Å². The van der Waals surface area contributed by atoms with E-state index in [9.17, 15) is 0 Å². The fourth-order valence-corrected chi connectivity index (χ4v) is 1.78. The van der Waals surface area contributed by atoms with Gasteiger partial charge in [-0.3, -0.25) is 5.84 Å². The molecule has 1 rings (SSSR count). The zero-order valence-electron chi connectivity index (χ0n) is 8.65. The molecule has 13 heavy (non-hydrogen) atoms. The van der Waals surface area contributed by atoms with Crippen LogP contribution in [0.2, 0.25) is 0 Å². The molecule has 0 aliphatic heterocycles. The Hall–Kier alpha value is -1.02. The maximum Gasteiger partial charge on any atom is 0.0519 e. The van der Waals surface area contributed by atoms with Crippen LogP contribution in [0.1, 0.15) is 30.5 Å². The molecule has 0 amide bonds. The lowest BCUT2D eigenvalue weighted by molar-refractivity contribution is 1.04. The number of nitrogens with one attached hydrogen (secondary N) is 1. The van der Waals surface area contributed by atoms with Crippen LogP contribution in [0.25, 0.3) is 0 Å². The SMILES string of the molecule is CCc1ccc(NN)c(CC)c1C. The topological polar surface area (TPSA) is 38.0 Å². The number of hydrogen-bond acceptors (Lipinski definition) is 2. The van der Waals surface area contributed by atoms with Crippen molar-refractivity contribution < 1.29 is 0 Å². The first-order valence-electron chi connectivity index (χ1n) is 4.82. The highest BCUT2D eigenvalue weighted by Gasteiger charge is 2.05. The van der Waals surface area contributed by atoms with E-state index in [0.717, 1.165) is 18.5 Å². The second kappa shape index (κ2) is 4.28. The van der Waals surface area contributed by atoms with Crippen LogP contribution in [0.15, 0.2) is 12.1 Å². The maximum absolute atomic E-state index is 5.44. The van der Waals surface area contributed by atoms with Crippen LogP contribution >= 0.6 is 0 Å². The van der Waals surface area contributed by atoms with Gasteiger partial charge in [0.15, 0.2) is 0 Å². The maximum atomic E-state index is 5.44. The summed E-state index contributed by atoms with van der Waals surface area (Å²) in [6, 6.07) is 4.20. The van der Waals surface area contributed by atoms with Crippen molar-refractivity contribution in [1.29, 1.82) is 0 Å². The molecular formula is C11H18N2. The Morgan fingerprint density at radius 3 is 2.38 bits per heavy atom. The van der Waals surface area contributed by atoms with Crippen molar-refractivity contribution in [3.63, 3.8) is 0 Å². The molecule has 1 aromatic carbocycles. The Bertz CT molecular complexity index is 292. The lowest BCUT2D eigenvalue weighted by Gasteiger charge is -2.13. The number of hydrogen-bond donors (Lipinski definition) is 2. The first-order valence-corrected chi connectivity index (χ1v) is 4.82. The van der Waals surface area contributed by atoms with Gasteiger partial charge in [0, 0.05) is 0 Å². The molecule has 0 unspecified atom stereocenters. The average molecular weight is 178 g/mol. The molecule has 0 radical (unpaired) electrons. The van der Waals surface area contributed by atoms with E-state index in [4.69, 9.17) is 5.84 Å². The van der Waals surface area contributed by atoms with Crippen LogP contribution in [0, 0.1) is 6.92 Å². The van der Waals surface area contributed by atoms with E-state index in [2.05, 4.69) is 38.3 Å². The Labute approximate surface area is 80.1 Å². The summed E-state index contributed by atoms with van der Waals surface area (Å²) < 4.78 is 0. The zero-order chi connectivity index (χ0) is 9.84. The number of aryl methyl sites for hydroxylation is 1. The molecule has 0 spiro atoms. The highest BCUT2D eigenvalue weighted by molar-refractivity contribution is 5.56. The van der Waals surface area contributed by atoms with Crippen LogP contribution in [-0.4, -0.2) is 0 Å². The molecule has 1 aromatic rings. The largest absolute Gasteiger partial charge is 0.324 e. The number of nitrogens with two attached hydrogens (primary N) is 1. The molecule has 0 bridgehead atoms.